The van der Waals surface area contributed by atoms with Crippen LogP contribution in [0.5, 0.6) is 0 Å². The van der Waals surface area contributed by atoms with Crippen molar-refractivity contribution in [3.63, 3.8) is 0 Å². The molecule has 3 heteroatoms. The van der Waals surface area contributed by atoms with Gasteiger partial charge < -0.3 is 5.73 Å². The summed E-state index contributed by atoms with van der Waals surface area (Å²) in [5.74, 6) is 0. The van der Waals surface area contributed by atoms with Gasteiger partial charge in [-0.2, -0.15) is 0 Å². The van der Waals surface area contributed by atoms with Crippen molar-refractivity contribution in [3.8, 4) is 0 Å². The van der Waals surface area contributed by atoms with E-state index < -0.39 is 0 Å². The van der Waals surface area contributed by atoms with Gasteiger partial charge in [0, 0.05) is 31.7 Å². The molecule has 2 N–H and O–H groups in total. The van der Waals surface area contributed by atoms with Crippen molar-refractivity contribution in [2.45, 2.75) is 38.6 Å². The Bertz CT molecular complexity index is 246. The van der Waals surface area contributed by atoms with Gasteiger partial charge in [0.25, 0.3) is 0 Å². The Balaban J connectivity index is 1.87. The molecule has 1 heterocycles. The summed E-state index contributed by atoms with van der Waals surface area (Å²) in [4.78, 5) is 5.13. The number of likely N-dealkylation sites (N-methyl/N-ethyl adjacent to an activating group) is 1. The zero-order valence-electron chi connectivity index (χ0n) is 11.1. The maximum Gasteiger partial charge on any atom is 0.0277 e. The van der Waals surface area contributed by atoms with Gasteiger partial charge in [0.1, 0.15) is 0 Å². The lowest BCUT2D eigenvalue weighted by atomic mass is 9.96. The minimum Gasteiger partial charge on any atom is -0.330 e. The highest BCUT2D eigenvalue weighted by Gasteiger charge is 2.44. The van der Waals surface area contributed by atoms with E-state index in [0.717, 1.165) is 6.54 Å². The highest BCUT2D eigenvalue weighted by atomic mass is 15.3. The molecule has 1 aliphatic carbocycles. The first-order valence-corrected chi connectivity index (χ1v) is 6.61. The average molecular weight is 225 g/mol. The van der Waals surface area contributed by atoms with Gasteiger partial charge in [0.2, 0.25) is 0 Å². The molecule has 0 unspecified atom stereocenters. The van der Waals surface area contributed by atoms with Crippen LogP contribution in [-0.4, -0.2) is 55.1 Å². The molecule has 2 fully saturated rings. The molecule has 0 bridgehead atoms. The molecule has 0 aromatic heterocycles. The molecule has 1 aliphatic heterocycles. The standard InChI is InChI=1S/C13H27N3/c1-12(2)10-16(9-8-15(12)3)11-13(4-5-13)6-7-14/h4-11,14H2,1-3H3. The summed E-state index contributed by atoms with van der Waals surface area (Å²) in [5.41, 5.74) is 6.64. The Labute approximate surface area is 100.0 Å². The Morgan fingerprint density at radius 2 is 1.88 bits per heavy atom. The van der Waals surface area contributed by atoms with Crippen LogP contribution in [0.25, 0.3) is 0 Å². The monoisotopic (exact) mass is 225 g/mol. The van der Waals surface area contributed by atoms with Crippen LogP contribution in [0.15, 0.2) is 0 Å². The van der Waals surface area contributed by atoms with Gasteiger partial charge >= 0.3 is 0 Å². The van der Waals surface area contributed by atoms with Gasteiger partial charge in [-0.1, -0.05) is 0 Å². The maximum absolute atomic E-state index is 5.71. The Hall–Kier alpha value is -0.120. The zero-order chi connectivity index (χ0) is 11.8. The first-order valence-electron chi connectivity index (χ1n) is 6.61. The minimum atomic E-state index is 0.330. The smallest absolute Gasteiger partial charge is 0.0277 e. The van der Waals surface area contributed by atoms with E-state index in [-0.39, 0.29) is 0 Å². The second-order valence-electron chi connectivity index (χ2n) is 6.48. The Kier molecular flexibility index (Phi) is 3.30. The number of nitrogens with zero attached hydrogens (tertiary/aromatic N) is 2. The molecule has 0 aromatic carbocycles. The van der Waals surface area contributed by atoms with Crippen molar-refractivity contribution in [1.82, 2.24) is 9.80 Å². The van der Waals surface area contributed by atoms with Crippen LogP contribution in [-0.2, 0) is 0 Å². The largest absolute Gasteiger partial charge is 0.330 e. The van der Waals surface area contributed by atoms with Gasteiger partial charge in [-0.25, -0.2) is 0 Å². The van der Waals surface area contributed by atoms with Gasteiger partial charge in [-0.3, -0.25) is 9.80 Å². The SMILES string of the molecule is CN1CCN(CC2(CCN)CC2)CC1(C)C. The normalized spacial score (nSPS) is 29.2. The van der Waals surface area contributed by atoms with Crippen molar-refractivity contribution in [2.75, 3.05) is 39.8 Å². The molecule has 1 saturated heterocycles. The fraction of sp³-hybridized carbons (Fsp3) is 1.00. The fourth-order valence-corrected chi connectivity index (χ4v) is 2.92. The Morgan fingerprint density at radius 1 is 1.19 bits per heavy atom. The van der Waals surface area contributed by atoms with Gasteiger partial charge in [0.15, 0.2) is 0 Å². The number of piperazine rings is 1. The van der Waals surface area contributed by atoms with E-state index in [0.29, 0.717) is 11.0 Å². The topological polar surface area (TPSA) is 32.5 Å². The van der Waals surface area contributed by atoms with E-state index >= 15 is 0 Å². The zero-order valence-corrected chi connectivity index (χ0v) is 11.1. The number of hydrogen-bond acceptors (Lipinski definition) is 3. The summed E-state index contributed by atoms with van der Waals surface area (Å²) in [6.45, 7) is 10.5. The van der Waals surface area contributed by atoms with Crippen molar-refractivity contribution in [2.24, 2.45) is 11.1 Å². The van der Waals surface area contributed by atoms with Crippen molar-refractivity contribution in [1.29, 1.82) is 0 Å². The predicted molar refractivity (Wildman–Crippen MR) is 68.5 cm³/mol. The molecular formula is C13H27N3. The van der Waals surface area contributed by atoms with Gasteiger partial charge in [-0.15, -0.1) is 0 Å². The molecule has 0 aromatic rings. The molecule has 94 valence electrons. The van der Waals surface area contributed by atoms with Gasteiger partial charge in [-0.05, 0) is 52.1 Å². The first-order chi connectivity index (χ1) is 7.47. The summed E-state index contributed by atoms with van der Waals surface area (Å²) < 4.78 is 0. The molecule has 3 nitrogen and oxygen atoms in total. The van der Waals surface area contributed by atoms with E-state index in [1.54, 1.807) is 0 Å². The number of hydrogen-bond donors (Lipinski definition) is 1. The first kappa shape index (κ1) is 12.3. The highest BCUT2D eigenvalue weighted by molar-refractivity contribution is 4.98. The summed E-state index contributed by atoms with van der Waals surface area (Å²) in [6.07, 6.45) is 4.02. The highest BCUT2D eigenvalue weighted by Crippen LogP contribution is 2.49. The minimum absolute atomic E-state index is 0.330. The summed E-state index contributed by atoms with van der Waals surface area (Å²) in [6, 6.07) is 0. The lowest BCUT2D eigenvalue weighted by Gasteiger charge is -2.46. The summed E-state index contributed by atoms with van der Waals surface area (Å²) in [5, 5.41) is 0. The third kappa shape index (κ3) is 2.58. The van der Waals surface area contributed by atoms with Crippen LogP contribution in [0.1, 0.15) is 33.1 Å². The van der Waals surface area contributed by atoms with Crippen molar-refractivity contribution < 1.29 is 0 Å². The second-order valence-corrected chi connectivity index (χ2v) is 6.48. The van der Waals surface area contributed by atoms with E-state index in [4.69, 9.17) is 5.73 Å². The fourth-order valence-electron chi connectivity index (χ4n) is 2.92. The Morgan fingerprint density at radius 3 is 2.38 bits per heavy atom. The average Bonchev–Trinajstić information content (AvgIpc) is 2.92. The van der Waals surface area contributed by atoms with Crippen molar-refractivity contribution in [3.05, 3.63) is 0 Å². The molecule has 1 saturated carbocycles. The summed E-state index contributed by atoms with van der Waals surface area (Å²) >= 11 is 0. The molecule has 16 heavy (non-hydrogen) atoms. The van der Waals surface area contributed by atoms with E-state index in [1.807, 2.05) is 0 Å². The van der Waals surface area contributed by atoms with E-state index in [2.05, 4.69) is 30.7 Å². The quantitative estimate of drug-likeness (QED) is 0.779. The number of nitrogens with two attached hydrogens (primary N) is 1. The molecule has 2 rings (SSSR count). The lowest BCUT2D eigenvalue weighted by molar-refractivity contribution is 0.0289. The molecule has 0 spiro atoms. The van der Waals surface area contributed by atoms with Crippen molar-refractivity contribution >= 4 is 0 Å². The molecular weight excluding hydrogens is 198 g/mol. The maximum atomic E-state index is 5.71. The lowest BCUT2D eigenvalue weighted by Crippen LogP contribution is -2.58. The van der Waals surface area contributed by atoms with Crippen LogP contribution in [0.2, 0.25) is 0 Å². The van der Waals surface area contributed by atoms with Crippen LogP contribution >= 0.6 is 0 Å². The van der Waals surface area contributed by atoms with Gasteiger partial charge in [0.05, 0.1) is 0 Å². The van der Waals surface area contributed by atoms with Crippen LogP contribution < -0.4 is 5.73 Å². The van der Waals surface area contributed by atoms with E-state index in [1.165, 1.54) is 45.4 Å². The molecule has 0 amide bonds. The summed E-state index contributed by atoms with van der Waals surface area (Å²) in [7, 11) is 2.24. The third-order valence-corrected chi connectivity index (χ3v) is 4.59. The predicted octanol–water partition coefficient (Wildman–Crippen LogP) is 1.14. The van der Waals surface area contributed by atoms with E-state index in [9.17, 15) is 0 Å². The van der Waals surface area contributed by atoms with Crippen LogP contribution in [0.4, 0.5) is 0 Å². The third-order valence-electron chi connectivity index (χ3n) is 4.59. The van der Waals surface area contributed by atoms with Crippen LogP contribution in [0, 0.1) is 5.41 Å². The molecule has 0 atom stereocenters. The molecule has 2 aliphatic rings. The molecule has 0 radical (unpaired) electrons. The number of rotatable bonds is 4. The second kappa shape index (κ2) is 4.28. The van der Waals surface area contributed by atoms with Crippen LogP contribution in [0.3, 0.4) is 0 Å².